The highest BCUT2D eigenvalue weighted by Crippen LogP contribution is 2.28. The van der Waals surface area contributed by atoms with E-state index in [1.165, 1.54) is 24.3 Å². The molecule has 176 valence electrons. The summed E-state index contributed by atoms with van der Waals surface area (Å²) in [4.78, 5) is 44.8. The van der Waals surface area contributed by atoms with E-state index in [1.807, 2.05) is 0 Å². The third-order valence-electron chi connectivity index (χ3n) is 4.44. The molecule has 0 saturated carbocycles. The summed E-state index contributed by atoms with van der Waals surface area (Å²) in [6.07, 6.45) is 0. The van der Waals surface area contributed by atoms with E-state index in [0.717, 1.165) is 30.0 Å². The summed E-state index contributed by atoms with van der Waals surface area (Å²) in [5.41, 5.74) is -0.463. The fourth-order valence-corrected chi connectivity index (χ4v) is 3.45. The maximum absolute atomic E-state index is 12.3. The van der Waals surface area contributed by atoms with Crippen LogP contribution in [0.2, 0.25) is 0 Å². The van der Waals surface area contributed by atoms with Crippen molar-refractivity contribution in [2.24, 2.45) is 7.05 Å². The van der Waals surface area contributed by atoms with Gasteiger partial charge < -0.3 is 20.3 Å². The number of phenolic OH excluding ortho intramolecular Hbond substituents is 1. The van der Waals surface area contributed by atoms with Gasteiger partial charge in [0.15, 0.2) is 16.7 Å². The molecule has 0 aliphatic carbocycles. The molecule has 2 aromatic carbocycles. The van der Waals surface area contributed by atoms with E-state index in [2.05, 4.69) is 20.8 Å². The van der Waals surface area contributed by atoms with Crippen molar-refractivity contribution >= 4 is 40.6 Å². The number of hydrogen-bond donors (Lipinski definition) is 3. The zero-order valence-corrected chi connectivity index (χ0v) is 18.3. The molecule has 15 heteroatoms. The number of nitrogens with one attached hydrogen (secondary N) is 2. The first kappa shape index (κ1) is 24.1. The van der Waals surface area contributed by atoms with Crippen LogP contribution in [0.25, 0.3) is 0 Å². The van der Waals surface area contributed by atoms with E-state index in [1.54, 1.807) is 11.6 Å². The smallest absolute Gasteiger partial charge is 0.312 e. The summed E-state index contributed by atoms with van der Waals surface area (Å²) in [7, 11) is 1.64. The third kappa shape index (κ3) is 5.83. The number of non-ortho nitro benzene ring substituents is 1. The molecule has 0 unspecified atom stereocenters. The third-order valence-corrected chi connectivity index (χ3v) is 5.46. The van der Waals surface area contributed by atoms with Crippen molar-refractivity contribution in [3.63, 3.8) is 0 Å². The summed E-state index contributed by atoms with van der Waals surface area (Å²) in [6, 6.07) is 8.78. The molecule has 3 aromatic rings. The van der Waals surface area contributed by atoms with Crippen molar-refractivity contribution < 1.29 is 24.5 Å². The number of anilines is 1. The Morgan fingerprint density at radius 3 is 2.59 bits per heavy atom. The lowest BCUT2D eigenvalue weighted by molar-refractivity contribution is -0.385. The minimum Gasteiger partial charge on any atom is -0.502 e. The van der Waals surface area contributed by atoms with Crippen LogP contribution in [0, 0.1) is 20.2 Å². The Bertz CT molecular complexity index is 1280. The number of carbonyl (C=O) groups excluding carboxylic acids is 2. The molecule has 0 atom stereocenters. The number of nitro groups is 2. The first-order valence-corrected chi connectivity index (χ1v) is 10.4. The standard InChI is InChI=1S/C19H17N7O7S/c1-24-16(9-20-18(29)11-3-2-4-13(7-11)25(30)31)22-23-19(24)34-10-17(28)21-12-5-6-15(27)14(8-12)26(32)33/h2-8,27H,9-10H2,1H3,(H,20,29)(H,21,28). The molecule has 14 nitrogen and oxygen atoms in total. The van der Waals surface area contributed by atoms with Gasteiger partial charge in [0.05, 0.1) is 22.1 Å². The van der Waals surface area contributed by atoms with Gasteiger partial charge in [0.1, 0.15) is 0 Å². The fraction of sp³-hybridized carbons (Fsp3) is 0.158. The maximum Gasteiger partial charge on any atom is 0.312 e. The van der Waals surface area contributed by atoms with E-state index in [0.29, 0.717) is 11.0 Å². The number of nitro benzene ring substituents is 2. The second kappa shape index (κ2) is 10.4. The number of nitrogens with zero attached hydrogens (tertiary/aromatic N) is 5. The van der Waals surface area contributed by atoms with Gasteiger partial charge in [0.25, 0.3) is 11.6 Å². The zero-order chi connectivity index (χ0) is 24.8. The number of carbonyl (C=O) groups is 2. The highest BCUT2D eigenvalue weighted by molar-refractivity contribution is 7.99. The molecule has 3 N–H and O–H groups in total. The number of amides is 2. The largest absolute Gasteiger partial charge is 0.502 e. The Kier molecular flexibility index (Phi) is 7.37. The van der Waals surface area contributed by atoms with Gasteiger partial charge in [-0.25, -0.2) is 0 Å². The van der Waals surface area contributed by atoms with Gasteiger partial charge in [-0.15, -0.1) is 10.2 Å². The van der Waals surface area contributed by atoms with Crippen LogP contribution in [0.3, 0.4) is 0 Å². The molecule has 0 saturated heterocycles. The topological polar surface area (TPSA) is 195 Å². The summed E-state index contributed by atoms with van der Waals surface area (Å²) < 4.78 is 1.57. The predicted molar refractivity (Wildman–Crippen MR) is 119 cm³/mol. The Morgan fingerprint density at radius 1 is 1.12 bits per heavy atom. The fourth-order valence-electron chi connectivity index (χ4n) is 2.72. The van der Waals surface area contributed by atoms with Gasteiger partial charge in [-0.1, -0.05) is 17.8 Å². The highest BCUT2D eigenvalue weighted by Gasteiger charge is 2.17. The van der Waals surface area contributed by atoms with Crippen LogP contribution in [0.4, 0.5) is 17.1 Å². The highest BCUT2D eigenvalue weighted by atomic mass is 32.2. The van der Waals surface area contributed by atoms with Crippen LogP contribution in [-0.4, -0.2) is 47.3 Å². The van der Waals surface area contributed by atoms with E-state index in [9.17, 15) is 34.9 Å². The van der Waals surface area contributed by atoms with Gasteiger partial charge in [0.2, 0.25) is 5.91 Å². The van der Waals surface area contributed by atoms with Gasteiger partial charge in [0, 0.05) is 36.5 Å². The molecule has 0 spiro atoms. The SMILES string of the molecule is Cn1c(CNC(=O)c2cccc([N+](=O)[O-])c2)nnc1SCC(=O)Nc1ccc(O)c([N+](=O)[O-])c1. The number of aromatic nitrogens is 3. The molecule has 0 bridgehead atoms. The first-order valence-electron chi connectivity index (χ1n) is 9.46. The minimum atomic E-state index is -0.765. The predicted octanol–water partition coefficient (Wildman–Crippen LogP) is 2.00. The maximum atomic E-state index is 12.3. The van der Waals surface area contributed by atoms with E-state index in [4.69, 9.17) is 0 Å². The average Bonchev–Trinajstić information content (AvgIpc) is 3.16. The Morgan fingerprint density at radius 2 is 1.88 bits per heavy atom. The first-order chi connectivity index (χ1) is 16.2. The Hall–Kier alpha value is -4.53. The number of thioether (sulfide) groups is 1. The van der Waals surface area contributed by atoms with Crippen LogP contribution in [-0.2, 0) is 18.4 Å². The molecule has 1 heterocycles. The molecular weight excluding hydrogens is 470 g/mol. The monoisotopic (exact) mass is 487 g/mol. The lowest BCUT2D eigenvalue weighted by Crippen LogP contribution is -2.24. The zero-order valence-electron chi connectivity index (χ0n) is 17.5. The van der Waals surface area contributed by atoms with Crippen molar-refractivity contribution in [2.45, 2.75) is 11.7 Å². The molecule has 0 radical (unpaired) electrons. The van der Waals surface area contributed by atoms with Gasteiger partial charge in [-0.05, 0) is 18.2 Å². The summed E-state index contributed by atoms with van der Waals surface area (Å²) >= 11 is 1.05. The summed E-state index contributed by atoms with van der Waals surface area (Å²) in [6.45, 7) is -0.00500. The number of aromatic hydroxyl groups is 1. The number of phenols is 1. The van der Waals surface area contributed by atoms with Crippen LogP contribution >= 0.6 is 11.8 Å². The quantitative estimate of drug-likeness (QED) is 0.174. The molecule has 2 amide bonds. The lowest BCUT2D eigenvalue weighted by atomic mass is 10.2. The Balaban J connectivity index is 1.55. The van der Waals surface area contributed by atoms with Crippen LogP contribution in [0.1, 0.15) is 16.2 Å². The number of hydrogen-bond acceptors (Lipinski definition) is 10. The van der Waals surface area contributed by atoms with E-state index >= 15 is 0 Å². The van der Waals surface area contributed by atoms with Gasteiger partial charge >= 0.3 is 5.69 Å². The second-order valence-corrected chi connectivity index (χ2v) is 7.69. The minimum absolute atomic E-state index is 0.00500. The van der Waals surface area contributed by atoms with E-state index < -0.39 is 33.1 Å². The molecule has 0 aliphatic rings. The van der Waals surface area contributed by atoms with Crippen molar-refractivity contribution in [3.8, 4) is 5.75 Å². The van der Waals surface area contributed by atoms with Crippen LogP contribution in [0.5, 0.6) is 5.75 Å². The summed E-state index contributed by atoms with van der Waals surface area (Å²) in [5, 5.41) is 44.6. The molecule has 3 rings (SSSR count). The summed E-state index contributed by atoms with van der Waals surface area (Å²) in [5.74, 6) is -1.20. The molecular formula is C19H17N7O7S. The van der Waals surface area contributed by atoms with Crippen LogP contribution < -0.4 is 10.6 Å². The lowest BCUT2D eigenvalue weighted by Gasteiger charge is -2.07. The van der Waals surface area contributed by atoms with Crippen molar-refractivity contribution in [1.29, 1.82) is 0 Å². The second-order valence-electron chi connectivity index (χ2n) is 6.75. The van der Waals surface area contributed by atoms with Gasteiger partial charge in [-0.3, -0.25) is 29.8 Å². The van der Waals surface area contributed by atoms with E-state index in [-0.39, 0.29) is 29.2 Å². The Labute approximate surface area is 195 Å². The van der Waals surface area contributed by atoms with Crippen molar-refractivity contribution in [3.05, 3.63) is 74.1 Å². The molecule has 0 fully saturated rings. The number of benzene rings is 2. The average molecular weight is 487 g/mol. The molecule has 1 aromatic heterocycles. The van der Waals surface area contributed by atoms with Crippen molar-refractivity contribution in [2.75, 3.05) is 11.1 Å². The van der Waals surface area contributed by atoms with Crippen LogP contribution in [0.15, 0.2) is 47.6 Å². The molecule has 34 heavy (non-hydrogen) atoms. The normalized spacial score (nSPS) is 10.5. The van der Waals surface area contributed by atoms with Gasteiger partial charge in [-0.2, -0.15) is 0 Å². The van der Waals surface area contributed by atoms with Crippen molar-refractivity contribution in [1.82, 2.24) is 20.1 Å². The molecule has 0 aliphatic heterocycles. The number of rotatable bonds is 9.